The maximum absolute atomic E-state index is 11.7. The highest BCUT2D eigenvalue weighted by Gasteiger charge is 2.32. The van der Waals surface area contributed by atoms with Crippen molar-refractivity contribution < 1.29 is 13.2 Å². The first-order valence-electron chi connectivity index (χ1n) is 3.45. The zero-order valence-corrected chi connectivity index (χ0v) is 6.76. The van der Waals surface area contributed by atoms with E-state index in [4.69, 9.17) is 0 Å². The highest BCUT2D eigenvalue weighted by Crippen LogP contribution is 2.25. The second-order valence-corrected chi connectivity index (χ2v) is 1.61. The van der Waals surface area contributed by atoms with Crippen molar-refractivity contribution in [3.8, 4) is 0 Å². The van der Waals surface area contributed by atoms with Crippen LogP contribution in [0.3, 0.4) is 0 Å². The average molecular weight is 178 g/mol. The molecule has 5 heteroatoms. The van der Waals surface area contributed by atoms with Crippen molar-refractivity contribution in [2.45, 2.75) is 20.0 Å². The third-order valence-corrected chi connectivity index (χ3v) is 0.863. The summed E-state index contributed by atoms with van der Waals surface area (Å²) in [5.41, 5.74) is -0.963. The fourth-order valence-corrected chi connectivity index (χ4v) is 0.453. The number of hydrogen-bond acceptors (Lipinski definition) is 2. The molecule has 1 aromatic rings. The first kappa shape index (κ1) is 10.9. The number of alkyl halides is 3. The van der Waals surface area contributed by atoms with Crippen molar-refractivity contribution >= 4 is 0 Å². The van der Waals surface area contributed by atoms with Gasteiger partial charge in [-0.2, -0.15) is 18.3 Å². The van der Waals surface area contributed by atoms with E-state index < -0.39 is 11.9 Å². The summed E-state index contributed by atoms with van der Waals surface area (Å²) in [4.78, 5) is 0. The number of rotatable bonds is 0. The number of nitrogens with zero attached hydrogens (tertiary/aromatic N) is 2. The normalized spacial score (nSPS) is 10.1. The Labute approximate surface area is 68.4 Å². The van der Waals surface area contributed by atoms with Crippen LogP contribution in [0.2, 0.25) is 0 Å². The lowest BCUT2D eigenvalue weighted by molar-refractivity contribution is -0.141. The van der Waals surface area contributed by atoms with Gasteiger partial charge in [-0.05, 0) is 12.1 Å². The molecule has 0 aromatic carbocycles. The van der Waals surface area contributed by atoms with E-state index in [2.05, 4.69) is 10.2 Å². The van der Waals surface area contributed by atoms with E-state index in [-0.39, 0.29) is 0 Å². The predicted molar refractivity (Wildman–Crippen MR) is 38.4 cm³/mol. The third kappa shape index (κ3) is 3.32. The molecular formula is C7H9F3N2. The molecule has 0 N–H and O–H groups in total. The molecule has 0 radical (unpaired) electrons. The van der Waals surface area contributed by atoms with Crippen molar-refractivity contribution in [2.75, 3.05) is 0 Å². The Morgan fingerprint density at radius 2 is 1.83 bits per heavy atom. The van der Waals surface area contributed by atoms with Gasteiger partial charge in [0, 0.05) is 6.20 Å². The van der Waals surface area contributed by atoms with Crippen LogP contribution in [0.4, 0.5) is 13.2 Å². The molecule has 12 heavy (non-hydrogen) atoms. The molecule has 0 aliphatic carbocycles. The number of halogens is 3. The van der Waals surface area contributed by atoms with Crippen molar-refractivity contribution in [1.82, 2.24) is 10.2 Å². The van der Waals surface area contributed by atoms with Gasteiger partial charge in [0.1, 0.15) is 0 Å². The van der Waals surface area contributed by atoms with Gasteiger partial charge in [-0.25, -0.2) is 0 Å². The summed E-state index contributed by atoms with van der Waals surface area (Å²) in [5.74, 6) is 0. The molecule has 68 valence electrons. The first-order chi connectivity index (χ1) is 5.61. The van der Waals surface area contributed by atoms with Gasteiger partial charge in [0.15, 0.2) is 5.69 Å². The van der Waals surface area contributed by atoms with Crippen LogP contribution in [-0.2, 0) is 6.18 Å². The average Bonchev–Trinajstić information content (AvgIpc) is 2.08. The monoisotopic (exact) mass is 178 g/mol. The molecule has 0 unspecified atom stereocenters. The number of hydrogen-bond donors (Lipinski definition) is 0. The zero-order chi connectivity index (χ0) is 9.61. The molecule has 0 spiro atoms. The molecule has 0 saturated heterocycles. The van der Waals surface area contributed by atoms with Crippen molar-refractivity contribution in [3.63, 3.8) is 0 Å². The second kappa shape index (κ2) is 4.69. The Kier molecular flexibility index (Phi) is 4.25. The third-order valence-electron chi connectivity index (χ3n) is 0.863. The van der Waals surface area contributed by atoms with Gasteiger partial charge >= 0.3 is 6.18 Å². The Morgan fingerprint density at radius 3 is 2.08 bits per heavy atom. The summed E-state index contributed by atoms with van der Waals surface area (Å²) in [7, 11) is 0. The van der Waals surface area contributed by atoms with E-state index in [1.54, 1.807) is 0 Å². The molecule has 2 nitrogen and oxygen atoms in total. The zero-order valence-electron chi connectivity index (χ0n) is 6.76. The summed E-state index contributed by atoms with van der Waals surface area (Å²) < 4.78 is 35.1. The molecule has 0 fully saturated rings. The topological polar surface area (TPSA) is 25.8 Å². The van der Waals surface area contributed by atoms with Gasteiger partial charge in [-0.3, -0.25) is 0 Å². The maximum atomic E-state index is 11.7. The standard InChI is InChI=1S/C5H3F3N2.C2H6/c6-5(7,8)4-2-1-3-9-10-4;1-2/h1-3H;1-2H3. The van der Waals surface area contributed by atoms with Gasteiger partial charge in [0.05, 0.1) is 0 Å². The van der Waals surface area contributed by atoms with E-state index >= 15 is 0 Å². The smallest absolute Gasteiger partial charge is 0.164 e. The van der Waals surface area contributed by atoms with Crippen LogP contribution in [0.25, 0.3) is 0 Å². The van der Waals surface area contributed by atoms with Crippen LogP contribution >= 0.6 is 0 Å². The molecular weight excluding hydrogens is 169 g/mol. The van der Waals surface area contributed by atoms with E-state index in [9.17, 15) is 13.2 Å². The Morgan fingerprint density at radius 1 is 1.25 bits per heavy atom. The molecule has 1 heterocycles. The highest BCUT2D eigenvalue weighted by atomic mass is 19.4. The first-order valence-corrected chi connectivity index (χ1v) is 3.45. The largest absolute Gasteiger partial charge is 0.435 e. The lowest BCUT2D eigenvalue weighted by Crippen LogP contribution is -2.07. The van der Waals surface area contributed by atoms with Gasteiger partial charge in [-0.1, -0.05) is 13.8 Å². The maximum Gasteiger partial charge on any atom is 0.435 e. The minimum Gasteiger partial charge on any atom is -0.164 e. The van der Waals surface area contributed by atoms with E-state index in [1.165, 1.54) is 12.3 Å². The van der Waals surface area contributed by atoms with Gasteiger partial charge < -0.3 is 0 Å². The minimum absolute atomic E-state index is 0.868. The Balaban J connectivity index is 0.000000561. The fourth-order valence-electron chi connectivity index (χ4n) is 0.453. The van der Waals surface area contributed by atoms with Crippen LogP contribution in [0, 0.1) is 0 Å². The van der Waals surface area contributed by atoms with E-state index in [0.29, 0.717) is 0 Å². The molecule has 0 amide bonds. The summed E-state index contributed by atoms with van der Waals surface area (Å²) in [6.45, 7) is 4.00. The lowest BCUT2D eigenvalue weighted by Gasteiger charge is -2.01. The predicted octanol–water partition coefficient (Wildman–Crippen LogP) is 2.52. The minimum atomic E-state index is -4.38. The van der Waals surface area contributed by atoms with Crippen molar-refractivity contribution in [2.24, 2.45) is 0 Å². The molecule has 0 atom stereocenters. The Hall–Kier alpha value is -1.13. The Bertz CT molecular complexity index is 208. The SMILES string of the molecule is CC.FC(F)(F)c1cccnn1. The molecule has 0 saturated carbocycles. The molecule has 0 aliphatic heterocycles. The summed E-state index contributed by atoms with van der Waals surface area (Å²) in [6.07, 6.45) is -3.19. The highest BCUT2D eigenvalue weighted by molar-refractivity contribution is 5.02. The van der Waals surface area contributed by atoms with Gasteiger partial charge in [0.2, 0.25) is 0 Å². The quantitative estimate of drug-likeness (QED) is 0.610. The van der Waals surface area contributed by atoms with Crippen LogP contribution in [0.1, 0.15) is 19.5 Å². The van der Waals surface area contributed by atoms with E-state index in [1.807, 2.05) is 13.8 Å². The fraction of sp³-hybridized carbons (Fsp3) is 0.429. The van der Waals surface area contributed by atoms with Gasteiger partial charge in [-0.15, -0.1) is 5.10 Å². The van der Waals surface area contributed by atoms with Crippen molar-refractivity contribution in [1.29, 1.82) is 0 Å². The van der Waals surface area contributed by atoms with Crippen LogP contribution < -0.4 is 0 Å². The molecule has 1 aromatic heterocycles. The van der Waals surface area contributed by atoms with Crippen LogP contribution in [-0.4, -0.2) is 10.2 Å². The lowest BCUT2D eigenvalue weighted by atomic mass is 10.4. The number of aromatic nitrogens is 2. The molecule has 0 aliphatic rings. The van der Waals surface area contributed by atoms with E-state index in [0.717, 1.165) is 6.07 Å². The van der Waals surface area contributed by atoms with Crippen LogP contribution in [0.5, 0.6) is 0 Å². The summed E-state index contributed by atoms with van der Waals surface area (Å²) >= 11 is 0. The van der Waals surface area contributed by atoms with Crippen molar-refractivity contribution in [3.05, 3.63) is 24.0 Å². The van der Waals surface area contributed by atoms with Crippen LogP contribution in [0.15, 0.2) is 18.3 Å². The summed E-state index contributed by atoms with van der Waals surface area (Å²) in [5, 5.41) is 5.96. The van der Waals surface area contributed by atoms with Gasteiger partial charge in [0.25, 0.3) is 0 Å². The molecule has 0 bridgehead atoms. The second-order valence-electron chi connectivity index (χ2n) is 1.61. The summed E-state index contributed by atoms with van der Waals surface area (Å²) in [6, 6.07) is 2.06. The molecule has 1 rings (SSSR count).